The summed E-state index contributed by atoms with van der Waals surface area (Å²) in [7, 11) is -10.1. The predicted octanol–water partition coefficient (Wildman–Crippen LogP) is -2.27. The Labute approximate surface area is 128 Å². The van der Waals surface area contributed by atoms with Gasteiger partial charge in [-0.25, -0.2) is 5.73 Å². The van der Waals surface area contributed by atoms with Gasteiger partial charge in [-0.3, -0.25) is 13.8 Å². The van der Waals surface area contributed by atoms with E-state index in [1.54, 1.807) is 0 Å². The van der Waals surface area contributed by atoms with E-state index in [4.69, 9.17) is 43.9 Å². The van der Waals surface area contributed by atoms with Crippen molar-refractivity contribution in [3.63, 3.8) is 0 Å². The topological polar surface area (TPSA) is 206 Å². The second-order valence-electron chi connectivity index (χ2n) is 3.68. The van der Waals surface area contributed by atoms with Crippen LogP contribution in [0.4, 0.5) is 0 Å². The van der Waals surface area contributed by atoms with Crippen LogP contribution >= 0.6 is 23.2 Å². The zero-order valence-corrected chi connectivity index (χ0v) is 13.1. The first-order valence-electron chi connectivity index (χ1n) is 4.50. The lowest BCUT2D eigenvalue weighted by Gasteiger charge is -2.48. The van der Waals surface area contributed by atoms with E-state index in [0.717, 1.165) is 0 Å². The van der Waals surface area contributed by atoms with Crippen molar-refractivity contribution in [2.45, 2.75) is 10.4 Å². The molecule has 0 fully saturated rings. The number of hydrogen-bond acceptors (Lipinski definition) is 9. The van der Waals surface area contributed by atoms with Crippen LogP contribution in [-0.2, 0) is 25.2 Å². The quantitative estimate of drug-likeness (QED) is 0.0871. The zero-order valence-electron chi connectivity index (χ0n) is 9.95. The second-order valence-corrected chi connectivity index (χ2v) is 7.54. The van der Waals surface area contributed by atoms with Gasteiger partial charge in [-0.2, -0.15) is 27.0 Å². The van der Waals surface area contributed by atoms with Crippen LogP contribution in [0.15, 0.2) is 4.99 Å². The zero-order chi connectivity index (χ0) is 17.1. The molecule has 0 saturated heterocycles. The normalized spacial score (nSPS) is 38.3. The van der Waals surface area contributed by atoms with Crippen molar-refractivity contribution in [1.29, 1.82) is 0 Å². The lowest BCUT2D eigenvalue weighted by Crippen LogP contribution is -2.88. The first-order valence-corrected chi connectivity index (χ1v) is 8.09. The van der Waals surface area contributed by atoms with E-state index in [9.17, 15) is 22.0 Å². The van der Waals surface area contributed by atoms with Crippen molar-refractivity contribution in [3.05, 3.63) is 0 Å². The Morgan fingerprint density at radius 2 is 1.81 bits per heavy atom. The molecule has 0 amide bonds. The maximum atomic E-state index is 11.3. The largest absolute Gasteiger partial charge is 0.454 e. The van der Waals surface area contributed by atoms with Gasteiger partial charge in [0.15, 0.2) is 0 Å². The summed E-state index contributed by atoms with van der Waals surface area (Å²) in [5.74, 6) is 1.88. The highest BCUT2D eigenvalue weighted by Gasteiger charge is 2.77. The Hall–Kier alpha value is -0.330. The molecule has 3 atom stereocenters. The number of nitrogens with zero attached hydrogens (tertiary/aromatic N) is 3. The van der Waals surface area contributed by atoms with Crippen LogP contribution in [0, 0.1) is 0 Å². The van der Waals surface area contributed by atoms with Crippen LogP contribution < -0.4 is 11.6 Å². The molecule has 0 saturated carbocycles. The molecule has 0 aromatic rings. The molecule has 1 aliphatic rings. The number of hydroxylamine groups is 2. The molecular weight excluding hydrogens is 381 g/mol. The van der Waals surface area contributed by atoms with Crippen molar-refractivity contribution >= 4 is 48.9 Å². The van der Waals surface area contributed by atoms with Crippen LogP contribution in [0.1, 0.15) is 0 Å². The summed E-state index contributed by atoms with van der Waals surface area (Å²) in [5, 5.41) is 8.65. The Morgan fingerprint density at radius 1 is 1.38 bits per heavy atom. The number of halogens is 2. The van der Waals surface area contributed by atoms with Crippen molar-refractivity contribution in [1.82, 2.24) is 4.31 Å². The molecule has 0 aliphatic carbocycles. The predicted molar refractivity (Wildman–Crippen MR) is 67.0 cm³/mol. The van der Waals surface area contributed by atoms with Crippen molar-refractivity contribution < 1.29 is 40.6 Å². The van der Waals surface area contributed by atoms with Gasteiger partial charge in [0.05, 0.1) is 0 Å². The van der Waals surface area contributed by atoms with Crippen molar-refractivity contribution in [2.24, 2.45) is 16.6 Å². The summed E-state index contributed by atoms with van der Waals surface area (Å²) in [6.45, 7) is 0. The molecule has 21 heavy (non-hydrogen) atoms. The lowest BCUT2D eigenvalue weighted by molar-refractivity contribution is -1.19. The van der Waals surface area contributed by atoms with Crippen molar-refractivity contribution in [3.8, 4) is 0 Å². The maximum Gasteiger partial charge on any atom is 0.454 e. The number of quaternary nitrogens is 1. The van der Waals surface area contributed by atoms with E-state index in [2.05, 4.69) is 9.73 Å². The molecule has 124 valence electrons. The molecule has 17 heteroatoms. The summed E-state index contributed by atoms with van der Waals surface area (Å²) >= 11 is 10.8. The van der Waals surface area contributed by atoms with E-state index in [1.807, 2.05) is 0 Å². The molecule has 0 bridgehead atoms. The van der Waals surface area contributed by atoms with Gasteiger partial charge in [0.2, 0.25) is 5.29 Å². The summed E-state index contributed by atoms with van der Waals surface area (Å²) in [4.78, 5) is 2.86. The van der Waals surface area contributed by atoms with E-state index in [-0.39, 0.29) is 0 Å². The SMILES string of the molecule is COC1(N)N(S(=O)(=O)O)C(Cl)=NC(Cl)(S(=O)(=O)O)[N+]1(N)O. The van der Waals surface area contributed by atoms with Crippen LogP contribution in [0.5, 0.6) is 0 Å². The second kappa shape index (κ2) is 4.83. The third kappa shape index (κ3) is 2.39. The van der Waals surface area contributed by atoms with Crippen LogP contribution in [0.25, 0.3) is 0 Å². The molecule has 7 N–H and O–H groups in total. The third-order valence-electron chi connectivity index (χ3n) is 2.46. The summed E-state index contributed by atoms with van der Waals surface area (Å²) < 4.78 is 60.8. The van der Waals surface area contributed by atoms with Gasteiger partial charge < -0.3 is 0 Å². The number of nitrogens with two attached hydrogens (primary N) is 2. The first kappa shape index (κ1) is 18.7. The molecule has 0 aromatic carbocycles. The minimum absolute atomic E-state index is 0.451. The highest BCUT2D eigenvalue weighted by Crippen LogP contribution is 2.43. The number of alkyl halides is 1. The summed E-state index contributed by atoms with van der Waals surface area (Å²) in [5.41, 5.74) is 5.37. The van der Waals surface area contributed by atoms with Gasteiger partial charge in [-0.05, 0) is 23.2 Å². The molecule has 1 heterocycles. The first-order chi connectivity index (χ1) is 9.06. The number of rotatable bonds is 3. The summed E-state index contributed by atoms with van der Waals surface area (Å²) in [6.07, 6.45) is 0. The fourth-order valence-corrected chi connectivity index (χ4v) is 3.66. The van der Waals surface area contributed by atoms with E-state index in [0.29, 0.717) is 7.11 Å². The van der Waals surface area contributed by atoms with Crippen LogP contribution in [-0.4, -0.2) is 63.0 Å². The molecule has 0 spiro atoms. The molecule has 3 unspecified atom stereocenters. The molecule has 13 nitrogen and oxygen atoms in total. The van der Waals surface area contributed by atoms with Crippen LogP contribution in [0.2, 0.25) is 0 Å². The monoisotopic (exact) mass is 390 g/mol. The van der Waals surface area contributed by atoms with E-state index < -0.39 is 45.2 Å². The van der Waals surface area contributed by atoms with Gasteiger partial charge in [0, 0.05) is 11.9 Å². The molecular formula is C4H10Cl2N5O8S2+. The Bertz CT molecular complexity index is 691. The molecule has 0 radical (unpaired) electrons. The number of aliphatic imine (C=N–C) groups is 1. The minimum Gasteiger partial charge on any atom is -0.294 e. The Kier molecular flexibility index (Phi) is 4.31. The highest BCUT2D eigenvalue weighted by molar-refractivity contribution is 7.88. The van der Waals surface area contributed by atoms with Gasteiger partial charge in [0.25, 0.3) is 0 Å². The molecule has 0 aromatic heterocycles. The molecule has 1 aliphatic heterocycles. The average Bonchev–Trinajstić information content (AvgIpc) is 2.23. The number of amidine groups is 1. The number of ether oxygens (including phenoxy) is 1. The number of hydrogen-bond donors (Lipinski definition) is 5. The lowest BCUT2D eigenvalue weighted by atomic mass is 10.6. The van der Waals surface area contributed by atoms with Gasteiger partial charge in [-0.15, -0.1) is 10.1 Å². The molecule has 1 rings (SSSR count). The fraction of sp³-hybridized carbons (Fsp3) is 0.750. The smallest absolute Gasteiger partial charge is 0.294 e. The van der Waals surface area contributed by atoms with Gasteiger partial charge in [-0.1, -0.05) is 0 Å². The van der Waals surface area contributed by atoms with Crippen molar-refractivity contribution in [2.75, 3.05) is 7.11 Å². The summed E-state index contributed by atoms with van der Waals surface area (Å²) in [6, 6.07) is 0. The maximum absolute atomic E-state index is 11.3. The van der Waals surface area contributed by atoms with E-state index in [1.165, 1.54) is 0 Å². The van der Waals surface area contributed by atoms with Gasteiger partial charge >= 0.3 is 30.8 Å². The average molecular weight is 391 g/mol. The Balaban J connectivity index is 3.90. The number of methoxy groups -OCH3 is 1. The Morgan fingerprint density at radius 3 is 2.10 bits per heavy atom. The third-order valence-corrected chi connectivity index (χ3v) is 5.66. The minimum atomic E-state index is -5.49. The van der Waals surface area contributed by atoms with Gasteiger partial charge in [0.1, 0.15) is 0 Å². The highest BCUT2D eigenvalue weighted by atomic mass is 35.5. The van der Waals surface area contributed by atoms with Crippen LogP contribution in [0.3, 0.4) is 0 Å². The van der Waals surface area contributed by atoms with E-state index >= 15 is 0 Å². The fourth-order valence-electron chi connectivity index (χ4n) is 1.42. The standard InChI is InChI=1S/C4H9Cl2N5O8S2/c1-19-4(7)10(21(16,17)18)2(5)9-3(6,11(4,8)12)20(13,14)15/h12H,7-8H2,1H3,(H-,13,14,15,16,17,18)/p+1.